The second kappa shape index (κ2) is 6.68. The average molecular weight is 236 g/mol. The summed E-state index contributed by atoms with van der Waals surface area (Å²) < 4.78 is 10.0. The molecule has 0 aliphatic carbocycles. The van der Waals surface area contributed by atoms with Crippen LogP contribution in [0.4, 0.5) is 0 Å². The lowest BCUT2D eigenvalue weighted by molar-refractivity contribution is -0.107. The number of rotatable bonds is 6. The molecule has 17 heavy (non-hydrogen) atoms. The molecule has 1 aromatic rings. The van der Waals surface area contributed by atoms with Crippen LogP contribution < -0.4 is 4.74 Å². The monoisotopic (exact) mass is 236 g/mol. The summed E-state index contributed by atoms with van der Waals surface area (Å²) in [6.45, 7) is 2.08. The van der Waals surface area contributed by atoms with Gasteiger partial charge in [-0.2, -0.15) is 0 Å². The number of aldehydes is 1. The summed E-state index contributed by atoms with van der Waals surface area (Å²) in [7, 11) is 1.54. The summed E-state index contributed by atoms with van der Waals surface area (Å²) in [5.41, 5.74) is 1.27. The molecule has 1 rings (SSSR count). The Morgan fingerprint density at radius 2 is 2.18 bits per heavy atom. The predicted molar refractivity (Wildman–Crippen MR) is 63.3 cm³/mol. The van der Waals surface area contributed by atoms with Gasteiger partial charge in [-0.15, -0.1) is 0 Å². The molecule has 4 nitrogen and oxygen atoms in total. The minimum atomic E-state index is -0.382. The van der Waals surface area contributed by atoms with Crippen LogP contribution in [0.1, 0.15) is 29.3 Å². The van der Waals surface area contributed by atoms with Crippen LogP contribution in [0.5, 0.6) is 5.75 Å². The maximum atomic E-state index is 11.7. The van der Waals surface area contributed by atoms with Crippen LogP contribution in [0, 0.1) is 0 Å². The molecule has 0 heterocycles. The quantitative estimate of drug-likeness (QED) is 0.560. The number of carbonyl (C=O) groups is 2. The van der Waals surface area contributed by atoms with Crippen molar-refractivity contribution < 1.29 is 19.1 Å². The van der Waals surface area contributed by atoms with E-state index in [0.717, 1.165) is 11.8 Å². The van der Waals surface area contributed by atoms with Crippen molar-refractivity contribution in [1.82, 2.24) is 0 Å². The van der Waals surface area contributed by atoms with Gasteiger partial charge in [0.15, 0.2) is 0 Å². The van der Waals surface area contributed by atoms with Gasteiger partial charge in [-0.3, -0.25) is 0 Å². The van der Waals surface area contributed by atoms with Gasteiger partial charge in [-0.05, 0) is 31.0 Å². The Bertz CT molecular complexity index is 398. The number of hydrogen-bond donors (Lipinski definition) is 0. The van der Waals surface area contributed by atoms with Crippen LogP contribution in [-0.4, -0.2) is 26.0 Å². The Morgan fingerprint density at radius 1 is 1.41 bits per heavy atom. The molecule has 0 fully saturated rings. The molecule has 0 saturated carbocycles. The third-order valence-electron chi connectivity index (χ3n) is 2.34. The van der Waals surface area contributed by atoms with Crippen molar-refractivity contribution in [2.24, 2.45) is 0 Å². The van der Waals surface area contributed by atoms with Gasteiger partial charge in [0.2, 0.25) is 0 Å². The molecule has 0 radical (unpaired) electrons. The van der Waals surface area contributed by atoms with Crippen LogP contribution in [0.2, 0.25) is 0 Å². The van der Waals surface area contributed by atoms with Crippen molar-refractivity contribution >= 4 is 12.3 Å². The van der Waals surface area contributed by atoms with Crippen molar-refractivity contribution in [2.75, 3.05) is 13.7 Å². The number of benzene rings is 1. The Morgan fingerprint density at radius 3 is 2.76 bits per heavy atom. The van der Waals surface area contributed by atoms with E-state index in [0.29, 0.717) is 30.8 Å². The second-order valence-electron chi connectivity index (χ2n) is 3.45. The molecule has 0 amide bonds. The van der Waals surface area contributed by atoms with Crippen LogP contribution in [0.15, 0.2) is 18.2 Å². The lowest BCUT2D eigenvalue weighted by atomic mass is 10.0. The van der Waals surface area contributed by atoms with Gasteiger partial charge in [-0.1, -0.05) is 6.07 Å². The Hall–Kier alpha value is -1.84. The standard InChI is InChI=1S/C13H16O4/c1-3-17-13(15)12-9-11(16-2)7-6-10(12)5-4-8-14/h6-9H,3-5H2,1-2H3. The van der Waals surface area contributed by atoms with E-state index in [2.05, 4.69) is 0 Å². The molecular weight excluding hydrogens is 220 g/mol. The molecule has 0 aliphatic heterocycles. The summed E-state index contributed by atoms with van der Waals surface area (Å²) in [5.74, 6) is 0.218. The molecule has 0 saturated heterocycles. The number of aryl methyl sites for hydroxylation is 1. The van der Waals surface area contributed by atoms with Gasteiger partial charge in [0, 0.05) is 6.42 Å². The van der Waals surface area contributed by atoms with E-state index in [1.807, 2.05) is 0 Å². The molecule has 0 atom stereocenters. The topological polar surface area (TPSA) is 52.6 Å². The molecule has 0 spiro atoms. The number of esters is 1. The average Bonchev–Trinajstić information content (AvgIpc) is 2.36. The second-order valence-corrected chi connectivity index (χ2v) is 3.45. The maximum absolute atomic E-state index is 11.7. The van der Waals surface area contributed by atoms with Crippen molar-refractivity contribution in [3.05, 3.63) is 29.3 Å². The van der Waals surface area contributed by atoms with Gasteiger partial charge in [0.05, 0.1) is 19.3 Å². The van der Waals surface area contributed by atoms with E-state index in [4.69, 9.17) is 9.47 Å². The third-order valence-corrected chi connectivity index (χ3v) is 2.34. The van der Waals surface area contributed by atoms with E-state index in [1.54, 1.807) is 25.1 Å². The van der Waals surface area contributed by atoms with Crippen molar-refractivity contribution in [3.63, 3.8) is 0 Å². The van der Waals surface area contributed by atoms with Crippen molar-refractivity contribution in [1.29, 1.82) is 0 Å². The first-order valence-corrected chi connectivity index (χ1v) is 5.50. The molecule has 4 heteroatoms. The first-order chi connectivity index (χ1) is 8.22. The van der Waals surface area contributed by atoms with E-state index in [1.165, 1.54) is 7.11 Å². The molecular formula is C13H16O4. The van der Waals surface area contributed by atoms with E-state index in [9.17, 15) is 9.59 Å². The summed E-state index contributed by atoms with van der Waals surface area (Å²) in [5, 5.41) is 0. The fourth-order valence-electron chi connectivity index (χ4n) is 1.51. The van der Waals surface area contributed by atoms with Crippen LogP contribution in [-0.2, 0) is 16.0 Å². The van der Waals surface area contributed by atoms with E-state index in [-0.39, 0.29) is 5.97 Å². The summed E-state index contributed by atoms with van der Waals surface area (Å²) in [4.78, 5) is 22.1. The SMILES string of the molecule is CCOC(=O)c1cc(OC)ccc1CCC=O. The lowest BCUT2D eigenvalue weighted by Crippen LogP contribution is -2.08. The minimum absolute atomic E-state index is 0.323. The zero-order valence-electron chi connectivity index (χ0n) is 10.1. The van der Waals surface area contributed by atoms with Gasteiger partial charge < -0.3 is 14.3 Å². The number of ether oxygens (including phenoxy) is 2. The lowest BCUT2D eigenvalue weighted by Gasteiger charge is -2.09. The fourth-order valence-corrected chi connectivity index (χ4v) is 1.51. The number of methoxy groups -OCH3 is 1. The van der Waals surface area contributed by atoms with Crippen molar-refractivity contribution in [3.8, 4) is 5.75 Å². The molecule has 0 N–H and O–H groups in total. The maximum Gasteiger partial charge on any atom is 0.338 e. The van der Waals surface area contributed by atoms with Gasteiger partial charge in [0.25, 0.3) is 0 Å². The van der Waals surface area contributed by atoms with Crippen LogP contribution >= 0.6 is 0 Å². The number of carbonyl (C=O) groups excluding carboxylic acids is 2. The Kier molecular flexibility index (Phi) is 5.20. The largest absolute Gasteiger partial charge is 0.497 e. The summed E-state index contributed by atoms with van der Waals surface area (Å²) in [6.07, 6.45) is 1.75. The molecule has 92 valence electrons. The Balaban J connectivity index is 3.01. The third kappa shape index (κ3) is 3.59. The van der Waals surface area contributed by atoms with E-state index < -0.39 is 0 Å². The van der Waals surface area contributed by atoms with Crippen LogP contribution in [0.25, 0.3) is 0 Å². The zero-order chi connectivity index (χ0) is 12.7. The highest BCUT2D eigenvalue weighted by molar-refractivity contribution is 5.91. The molecule has 0 aromatic heterocycles. The highest BCUT2D eigenvalue weighted by Gasteiger charge is 2.13. The van der Waals surface area contributed by atoms with Gasteiger partial charge in [-0.25, -0.2) is 4.79 Å². The van der Waals surface area contributed by atoms with E-state index >= 15 is 0 Å². The zero-order valence-corrected chi connectivity index (χ0v) is 10.1. The van der Waals surface area contributed by atoms with Gasteiger partial charge in [0.1, 0.15) is 12.0 Å². The minimum Gasteiger partial charge on any atom is -0.497 e. The molecule has 1 aromatic carbocycles. The smallest absolute Gasteiger partial charge is 0.338 e. The van der Waals surface area contributed by atoms with Crippen molar-refractivity contribution in [2.45, 2.75) is 19.8 Å². The first kappa shape index (κ1) is 13.2. The highest BCUT2D eigenvalue weighted by Crippen LogP contribution is 2.19. The number of hydrogen-bond acceptors (Lipinski definition) is 4. The van der Waals surface area contributed by atoms with Crippen LogP contribution in [0.3, 0.4) is 0 Å². The predicted octanol–water partition coefficient (Wildman–Crippen LogP) is 2.00. The molecule has 0 aliphatic rings. The Labute approximate surface area is 101 Å². The summed E-state index contributed by atoms with van der Waals surface area (Å²) in [6, 6.07) is 5.19. The molecule has 0 unspecified atom stereocenters. The summed E-state index contributed by atoms with van der Waals surface area (Å²) >= 11 is 0. The highest BCUT2D eigenvalue weighted by atomic mass is 16.5. The fraction of sp³-hybridized carbons (Fsp3) is 0.385. The first-order valence-electron chi connectivity index (χ1n) is 5.50. The normalized spacial score (nSPS) is 9.76. The van der Waals surface area contributed by atoms with Gasteiger partial charge >= 0.3 is 5.97 Å². The molecule has 0 bridgehead atoms.